The molecule has 1 aliphatic carbocycles. The molecule has 0 unspecified atom stereocenters. The van der Waals surface area contributed by atoms with E-state index in [1.54, 1.807) is 12.1 Å². The van der Waals surface area contributed by atoms with Crippen LogP contribution in [-0.2, 0) is 6.42 Å². The number of anilines is 1. The number of nitrogens with zero attached hydrogens (tertiary/aromatic N) is 1. The van der Waals surface area contributed by atoms with E-state index in [4.69, 9.17) is 11.6 Å². The van der Waals surface area contributed by atoms with Crippen LogP contribution in [0.5, 0.6) is 0 Å². The highest BCUT2D eigenvalue weighted by atomic mass is 35.5. The van der Waals surface area contributed by atoms with Crippen LogP contribution < -0.4 is 5.32 Å². The van der Waals surface area contributed by atoms with Gasteiger partial charge in [0.1, 0.15) is 16.4 Å². The lowest BCUT2D eigenvalue weighted by Crippen LogP contribution is -2.25. The van der Waals surface area contributed by atoms with Crippen LogP contribution in [0.1, 0.15) is 110 Å². The van der Waals surface area contributed by atoms with Crippen LogP contribution >= 0.6 is 11.6 Å². The highest BCUT2D eigenvalue weighted by Gasteiger charge is 2.32. The highest BCUT2D eigenvalue weighted by molar-refractivity contribution is 6.50. The Morgan fingerprint density at radius 2 is 1.35 bits per heavy atom. The van der Waals surface area contributed by atoms with E-state index >= 15 is 0 Å². The smallest absolute Gasteiger partial charge is 0.229 e. The Hall–Kier alpha value is -2.46. The summed E-state index contributed by atoms with van der Waals surface area (Å²) in [7, 11) is 0. The van der Waals surface area contributed by atoms with E-state index < -0.39 is 0 Å². The molecule has 1 heterocycles. The normalized spacial score (nSPS) is 13.4. The molecule has 0 spiro atoms. The molecule has 0 fully saturated rings. The van der Waals surface area contributed by atoms with Crippen molar-refractivity contribution in [2.75, 3.05) is 5.32 Å². The summed E-state index contributed by atoms with van der Waals surface area (Å²) < 4.78 is 0. The maximum Gasteiger partial charge on any atom is 0.229 e. The van der Waals surface area contributed by atoms with Crippen LogP contribution in [0.4, 0.5) is 5.69 Å². The number of aromatic nitrogens is 1. The summed E-state index contributed by atoms with van der Waals surface area (Å²) in [5.74, 6) is -0.740. The lowest BCUT2D eigenvalue weighted by atomic mass is 9.97. The summed E-state index contributed by atoms with van der Waals surface area (Å²) in [6.45, 7) is 2.27. The topological polar surface area (TPSA) is 59.1 Å². The minimum atomic E-state index is -0.379. The van der Waals surface area contributed by atoms with Crippen LogP contribution in [0.25, 0.3) is 0 Å². The van der Waals surface area contributed by atoms with Crippen molar-refractivity contribution in [2.24, 2.45) is 0 Å². The number of nitrogens with one attached hydrogen (secondary N) is 1. The van der Waals surface area contributed by atoms with E-state index in [9.17, 15) is 9.59 Å². The first-order chi connectivity index (χ1) is 16.6. The van der Waals surface area contributed by atoms with Gasteiger partial charge >= 0.3 is 0 Å². The van der Waals surface area contributed by atoms with Crippen molar-refractivity contribution in [1.29, 1.82) is 0 Å². The number of rotatable bonds is 15. The molecule has 34 heavy (non-hydrogen) atoms. The van der Waals surface area contributed by atoms with Crippen LogP contribution in [0.2, 0.25) is 0 Å². The summed E-state index contributed by atoms with van der Waals surface area (Å²) in [5, 5.41) is 2.94. The van der Waals surface area contributed by atoms with Gasteiger partial charge in [-0.2, -0.15) is 0 Å². The van der Waals surface area contributed by atoms with Crippen molar-refractivity contribution < 1.29 is 9.59 Å². The Morgan fingerprint density at radius 3 is 1.97 bits per heavy atom. The van der Waals surface area contributed by atoms with Gasteiger partial charge in [-0.25, -0.2) is 0 Å². The largest absolute Gasteiger partial charge is 0.351 e. The van der Waals surface area contributed by atoms with Crippen LogP contribution in [-0.4, -0.2) is 16.6 Å². The lowest BCUT2D eigenvalue weighted by molar-refractivity contribution is 0.0978. The zero-order valence-electron chi connectivity index (χ0n) is 20.4. The van der Waals surface area contributed by atoms with Crippen molar-refractivity contribution in [1.82, 2.24) is 4.98 Å². The van der Waals surface area contributed by atoms with E-state index in [0.29, 0.717) is 0 Å². The van der Waals surface area contributed by atoms with Gasteiger partial charge in [-0.1, -0.05) is 101 Å². The highest BCUT2D eigenvalue weighted by Crippen LogP contribution is 2.28. The third kappa shape index (κ3) is 7.53. The molecule has 1 aromatic heterocycles. The van der Waals surface area contributed by atoms with E-state index in [1.807, 2.05) is 12.1 Å². The third-order valence-electron chi connectivity index (χ3n) is 6.46. The predicted octanol–water partition coefficient (Wildman–Crippen LogP) is 8.27. The summed E-state index contributed by atoms with van der Waals surface area (Å²) in [4.78, 5) is 29.3. The summed E-state index contributed by atoms with van der Waals surface area (Å²) in [6, 6.07) is 11.2. The number of carbonyl (C=O) groups excluding carboxylic acids is 2. The maximum atomic E-state index is 12.8. The Balaban J connectivity index is 1.35. The first-order valence-electron chi connectivity index (χ1n) is 12.9. The van der Waals surface area contributed by atoms with Gasteiger partial charge in [0.2, 0.25) is 11.6 Å². The number of hydrogen-bond acceptors (Lipinski definition) is 4. The predicted molar refractivity (Wildman–Crippen MR) is 141 cm³/mol. The average molecular weight is 481 g/mol. The molecule has 0 amide bonds. The second-order valence-corrected chi connectivity index (χ2v) is 9.59. The molecule has 5 heteroatoms. The fourth-order valence-electron chi connectivity index (χ4n) is 4.40. The number of halogens is 1. The molecule has 0 aliphatic heterocycles. The van der Waals surface area contributed by atoms with E-state index in [0.717, 1.165) is 12.1 Å². The lowest BCUT2D eigenvalue weighted by Gasteiger charge is -2.18. The van der Waals surface area contributed by atoms with Gasteiger partial charge in [0.15, 0.2) is 0 Å². The van der Waals surface area contributed by atoms with E-state index in [-0.39, 0.29) is 33.6 Å². The molecule has 0 bridgehead atoms. The van der Waals surface area contributed by atoms with Crippen LogP contribution in [0, 0.1) is 0 Å². The minimum absolute atomic E-state index is 0.0894. The summed E-state index contributed by atoms with van der Waals surface area (Å²) >= 11 is 6.22. The monoisotopic (exact) mass is 480 g/mol. The van der Waals surface area contributed by atoms with Crippen molar-refractivity contribution in [3.05, 3.63) is 70.1 Å². The summed E-state index contributed by atoms with van der Waals surface area (Å²) in [6.07, 6.45) is 18.8. The van der Waals surface area contributed by atoms with Crippen molar-refractivity contribution in [2.45, 2.75) is 90.4 Å². The first-order valence-corrected chi connectivity index (χ1v) is 13.3. The fraction of sp³-hybridized carbons (Fsp3) is 0.483. The number of unbranched alkanes of at least 4 members (excludes halogenated alkanes) is 11. The van der Waals surface area contributed by atoms with Gasteiger partial charge in [-0.05, 0) is 42.7 Å². The van der Waals surface area contributed by atoms with Gasteiger partial charge in [0, 0.05) is 11.9 Å². The number of Topliss-reactive ketones (excluding diaryl/α,β-unsaturated/α-hetero) is 2. The molecule has 0 saturated carbocycles. The molecule has 0 saturated heterocycles. The Morgan fingerprint density at radius 1 is 0.765 bits per heavy atom. The second kappa shape index (κ2) is 14.1. The number of pyridine rings is 1. The maximum absolute atomic E-state index is 12.8. The van der Waals surface area contributed by atoms with E-state index in [2.05, 4.69) is 29.4 Å². The molecule has 4 nitrogen and oxygen atoms in total. The molecule has 1 aliphatic rings. The van der Waals surface area contributed by atoms with Crippen LogP contribution in [0.15, 0.2) is 53.3 Å². The Bertz CT molecular complexity index is 982. The first kappa shape index (κ1) is 26.2. The van der Waals surface area contributed by atoms with Gasteiger partial charge in [0.05, 0.1) is 5.56 Å². The quantitative estimate of drug-likeness (QED) is 0.260. The van der Waals surface area contributed by atoms with Gasteiger partial charge < -0.3 is 5.32 Å². The standard InChI is InChI=1S/C29H37ClN2O2/c1-2-3-4-5-6-7-8-9-10-11-12-13-15-22-17-19-23(20-18-22)32-27-25(30)28(33)24-16-14-21-31-26(24)29(27)34/h14,16-21,32H,2-13,15H2,1H3. The third-order valence-corrected chi connectivity index (χ3v) is 6.82. The number of allylic oxidation sites excluding steroid dienone is 2. The zero-order chi connectivity index (χ0) is 24.2. The fourth-order valence-corrected chi connectivity index (χ4v) is 4.64. The number of benzene rings is 1. The molecule has 3 rings (SSSR count). The Labute approximate surface area is 209 Å². The number of hydrogen-bond donors (Lipinski definition) is 1. The zero-order valence-corrected chi connectivity index (χ0v) is 21.1. The molecule has 0 radical (unpaired) electrons. The van der Waals surface area contributed by atoms with Gasteiger partial charge in [-0.15, -0.1) is 0 Å². The molecule has 0 atom stereocenters. The summed E-state index contributed by atoms with van der Waals surface area (Å²) in [5.41, 5.74) is 2.48. The number of fused-ring (bicyclic) bond motifs is 1. The van der Waals surface area contributed by atoms with E-state index in [1.165, 1.54) is 88.8 Å². The minimum Gasteiger partial charge on any atom is -0.351 e. The molecular formula is C29H37ClN2O2. The number of ketones is 2. The number of aryl methyl sites for hydroxylation is 1. The average Bonchev–Trinajstić information content (AvgIpc) is 2.87. The van der Waals surface area contributed by atoms with Crippen molar-refractivity contribution >= 4 is 28.9 Å². The molecule has 2 aromatic rings. The van der Waals surface area contributed by atoms with Crippen molar-refractivity contribution in [3.8, 4) is 0 Å². The SMILES string of the molecule is CCCCCCCCCCCCCCc1ccc(NC2=C(Cl)C(=O)c3cccnc3C2=O)cc1. The molecule has 1 aromatic carbocycles. The number of carbonyl (C=O) groups is 2. The Kier molecular flexibility index (Phi) is 10.8. The second-order valence-electron chi connectivity index (χ2n) is 9.21. The van der Waals surface area contributed by atoms with Crippen molar-refractivity contribution in [3.63, 3.8) is 0 Å². The van der Waals surface area contributed by atoms with Gasteiger partial charge in [-0.3, -0.25) is 14.6 Å². The molecule has 182 valence electrons. The van der Waals surface area contributed by atoms with Crippen LogP contribution in [0.3, 0.4) is 0 Å². The van der Waals surface area contributed by atoms with Gasteiger partial charge in [0.25, 0.3) is 0 Å². The molecular weight excluding hydrogens is 444 g/mol. The molecule has 1 N–H and O–H groups in total.